The summed E-state index contributed by atoms with van der Waals surface area (Å²) < 4.78 is 0. The SMILES string of the molecule is CCC(=O)N1CCc2cc(C(O)CN3CCC(O)(c4ccccc4C)CC3)ccc21. The Kier molecular flexibility index (Phi) is 5.96. The van der Waals surface area contributed by atoms with E-state index in [1.165, 1.54) is 0 Å². The number of hydrogen-bond donors (Lipinski definition) is 2. The van der Waals surface area contributed by atoms with Gasteiger partial charge in [-0.1, -0.05) is 43.3 Å². The third-order valence-corrected chi connectivity index (χ3v) is 6.75. The monoisotopic (exact) mass is 408 g/mol. The van der Waals surface area contributed by atoms with Crippen molar-refractivity contribution in [1.82, 2.24) is 4.90 Å². The third-order valence-electron chi connectivity index (χ3n) is 6.75. The van der Waals surface area contributed by atoms with Gasteiger partial charge < -0.3 is 20.0 Å². The van der Waals surface area contributed by atoms with Crippen molar-refractivity contribution in [1.29, 1.82) is 0 Å². The molecule has 1 unspecified atom stereocenters. The number of benzene rings is 2. The van der Waals surface area contributed by atoms with E-state index in [1.807, 2.05) is 55.1 Å². The minimum Gasteiger partial charge on any atom is -0.387 e. The number of aliphatic hydroxyl groups excluding tert-OH is 1. The van der Waals surface area contributed by atoms with E-state index >= 15 is 0 Å². The second-order valence-corrected chi connectivity index (χ2v) is 8.70. The van der Waals surface area contributed by atoms with Gasteiger partial charge in [0.2, 0.25) is 5.91 Å². The van der Waals surface area contributed by atoms with E-state index < -0.39 is 11.7 Å². The van der Waals surface area contributed by atoms with Crippen molar-refractivity contribution in [2.45, 2.75) is 51.2 Å². The molecule has 0 bridgehead atoms. The van der Waals surface area contributed by atoms with Crippen molar-refractivity contribution in [3.8, 4) is 0 Å². The molecule has 0 saturated carbocycles. The predicted octanol–water partition coefficient (Wildman–Crippen LogP) is 3.31. The van der Waals surface area contributed by atoms with Gasteiger partial charge in [0.05, 0.1) is 11.7 Å². The third kappa shape index (κ3) is 4.02. The molecule has 1 amide bonds. The van der Waals surface area contributed by atoms with Crippen LogP contribution in [0.5, 0.6) is 0 Å². The number of likely N-dealkylation sites (tertiary alicyclic amines) is 1. The molecule has 0 spiro atoms. The number of nitrogens with zero attached hydrogens (tertiary/aromatic N) is 2. The lowest BCUT2D eigenvalue weighted by atomic mass is 9.82. The molecule has 2 aliphatic rings. The highest BCUT2D eigenvalue weighted by molar-refractivity contribution is 5.95. The summed E-state index contributed by atoms with van der Waals surface area (Å²) in [7, 11) is 0. The Morgan fingerprint density at radius 1 is 1.13 bits per heavy atom. The standard InChI is InChI=1S/C25H32N2O3/c1-3-24(29)27-13-10-19-16-20(8-9-22(19)27)23(28)17-26-14-11-25(30,12-15-26)21-7-5-4-6-18(21)2/h4-9,16,23,28,30H,3,10-15,17H2,1-2H3. The molecule has 5 nitrogen and oxygen atoms in total. The molecule has 2 aromatic carbocycles. The zero-order valence-corrected chi connectivity index (χ0v) is 18.0. The van der Waals surface area contributed by atoms with Gasteiger partial charge in [0, 0.05) is 38.3 Å². The quantitative estimate of drug-likeness (QED) is 0.797. The van der Waals surface area contributed by atoms with Crippen molar-refractivity contribution < 1.29 is 15.0 Å². The Labute approximate surface area is 178 Å². The van der Waals surface area contributed by atoms with Gasteiger partial charge in [0.15, 0.2) is 0 Å². The highest BCUT2D eigenvalue weighted by Gasteiger charge is 2.35. The molecule has 160 valence electrons. The van der Waals surface area contributed by atoms with Crippen LogP contribution in [0.3, 0.4) is 0 Å². The first kappa shape index (κ1) is 21.0. The van der Waals surface area contributed by atoms with Crippen LogP contribution in [0.15, 0.2) is 42.5 Å². The molecule has 2 N–H and O–H groups in total. The normalized spacial score (nSPS) is 19.5. The van der Waals surface area contributed by atoms with Gasteiger partial charge in [-0.3, -0.25) is 4.79 Å². The van der Waals surface area contributed by atoms with E-state index in [0.717, 1.165) is 54.0 Å². The first-order valence-electron chi connectivity index (χ1n) is 11.0. The number of carbonyl (C=O) groups is 1. The summed E-state index contributed by atoms with van der Waals surface area (Å²) in [6, 6.07) is 14.0. The van der Waals surface area contributed by atoms with Crippen LogP contribution in [0.2, 0.25) is 0 Å². The summed E-state index contributed by atoms with van der Waals surface area (Å²) in [5.74, 6) is 0.150. The van der Waals surface area contributed by atoms with E-state index in [1.54, 1.807) is 0 Å². The molecule has 1 atom stereocenters. The van der Waals surface area contributed by atoms with Gasteiger partial charge in [-0.05, 0) is 54.5 Å². The van der Waals surface area contributed by atoms with Crippen LogP contribution >= 0.6 is 0 Å². The number of aliphatic hydroxyl groups is 2. The maximum absolute atomic E-state index is 12.1. The van der Waals surface area contributed by atoms with Gasteiger partial charge in [-0.15, -0.1) is 0 Å². The minimum absolute atomic E-state index is 0.150. The van der Waals surface area contributed by atoms with Gasteiger partial charge in [0.1, 0.15) is 0 Å². The lowest BCUT2D eigenvalue weighted by Gasteiger charge is -2.40. The highest BCUT2D eigenvalue weighted by atomic mass is 16.3. The number of piperidine rings is 1. The number of rotatable bonds is 5. The second-order valence-electron chi connectivity index (χ2n) is 8.70. The first-order valence-corrected chi connectivity index (χ1v) is 11.0. The van der Waals surface area contributed by atoms with Gasteiger partial charge in [-0.25, -0.2) is 0 Å². The number of amides is 1. The average molecular weight is 409 g/mol. The minimum atomic E-state index is -0.782. The lowest BCUT2D eigenvalue weighted by molar-refractivity contribution is -0.118. The summed E-state index contributed by atoms with van der Waals surface area (Å²) in [6.45, 7) is 6.73. The first-order chi connectivity index (χ1) is 14.4. The van der Waals surface area contributed by atoms with E-state index in [-0.39, 0.29) is 5.91 Å². The predicted molar refractivity (Wildman–Crippen MR) is 118 cm³/mol. The summed E-state index contributed by atoms with van der Waals surface area (Å²) >= 11 is 0. The molecule has 1 saturated heterocycles. The molecule has 4 rings (SSSR count). The summed E-state index contributed by atoms with van der Waals surface area (Å²) in [4.78, 5) is 16.2. The summed E-state index contributed by atoms with van der Waals surface area (Å²) in [6.07, 6.45) is 2.12. The van der Waals surface area contributed by atoms with Crippen LogP contribution in [0.25, 0.3) is 0 Å². The molecule has 2 aliphatic heterocycles. The summed E-state index contributed by atoms with van der Waals surface area (Å²) in [5.41, 5.74) is 4.40. The van der Waals surface area contributed by atoms with E-state index in [0.29, 0.717) is 25.8 Å². The molecular formula is C25H32N2O3. The van der Waals surface area contributed by atoms with E-state index in [2.05, 4.69) is 11.0 Å². The molecule has 30 heavy (non-hydrogen) atoms. The molecular weight excluding hydrogens is 376 g/mol. The molecule has 2 aromatic rings. The van der Waals surface area contributed by atoms with Crippen LogP contribution < -0.4 is 4.90 Å². The second kappa shape index (κ2) is 8.50. The number of hydrogen-bond acceptors (Lipinski definition) is 4. The molecule has 0 radical (unpaired) electrons. The topological polar surface area (TPSA) is 64.0 Å². The fraction of sp³-hybridized carbons (Fsp3) is 0.480. The smallest absolute Gasteiger partial charge is 0.226 e. The molecule has 0 aliphatic carbocycles. The Hall–Kier alpha value is -2.21. The summed E-state index contributed by atoms with van der Waals surface area (Å²) in [5, 5.41) is 22.0. The van der Waals surface area contributed by atoms with Crippen molar-refractivity contribution in [3.63, 3.8) is 0 Å². The highest BCUT2D eigenvalue weighted by Crippen LogP contribution is 2.36. The van der Waals surface area contributed by atoms with Gasteiger partial charge in [0.25, 0.3) is 0 Å². The van der Waals surface area contributed by atoms with Crippen LogP contribution in [0, 0.1) is 6.92 Å². The lowest BCUT2D eigenvalue weighted by Crippen LogP contribution is -2.44. The van der Waals surface area contributed by atoms with E-state index in [4.69, 9.17) is 0 Å². The number of fused-ring (bicyclic) bond motifs is 1. The van der Waals surface area contributed by atoms with Crippen LogP contribution in [0.4, 0.5) is 5.69 Å². The van der Waals surface area contributed by atoms with Crippen LogP contribution in [0.1, 0.15) is 54.5 Å². The molecule has 5 heteroatoms. The fourth-order valence-electron chi connectivity index (χ4n) is 4.90. The number of β-amino-alcohol motifs (C(OH)–C–C–N with tert-alkyl or cyclic N) is 1. The number of carbonyl (C=O) groups excluding carboxylic acids is 1. The van der Waals surface area contributed by atoms with Crippen LogP contribution in [-0.2, 0) is 16.8 Å². The molecule has 0 aromatic heterocycles. The van der Waals surface area contributed by atoms with E-state index in [9.17, 15) is 15.0 Å². The Bertz CT molecular complexity index is 918. The van der Waals surface area contributed by atoms with Gasteiger partial charge in [-0.2, -0.15) is 0 Å². The molecule has 2 heterocycles. The fourth-order valence-corrected chi connectivity index (χ4v) is 4.90. The Morgan fingerprint density at radius 2 is 1.87 bits per heavy atom. The van der Waals surface area contributed by atoms with Crippen molar-refractivity contribution in [2.24, 2.45) is 0 Å². The maximum Gasteiger partial charge on any atom is 0.226 e. The van der Waals surface area contributed by atoms with Crippen molar-refractivity contribution in [2.75, 3.05) is 31.1 Å². The van der Waals surface area contributed by atoms with Gasteiger partial charge >= 0.3 is 0 Å². The molecule has 1 fully saturated rings. The maximum atomic E-state index is 12.1. The largest absolute Gasteiger partial charge is 0.387 e. The Balaban J connectivity index is 1.38. The number of anilines is 1. The van der Waals surface area contributed by atoms with Crippen molar-refractivity contribution >= 4 is 11.6 Å². The Morgan fingerprint density at radius 3 is 2.57 bits per heavy atom. The van der Waals surface area contributed by atoms with Crippen LogP contribution in [-0.4, -0.2) is 47.2 Å². The number of aryl methyl sites for hydroxylation is 1. The average Bonchev–Trinajstić information content (AvgIpc) is 3.18. The zero-order chi connectivity index (χ0) is 21.3. The zero-order valence-electron chi connectivity index (χ0n) is 18.0. The van der Waals surface area contributed by atoms with Crippen molar-refractivity contribution in [3.05, 3.63) is 64.7 Å².